The number of anilines is 1. The van der Waals surface area contributed by atoms with E-state index in [1.54, 1.807) is 30.3 Å². The largest absolute Gasteiger partial charge is 0.497 e. The lowest BCUT2D eigenvalue weighted by molar-refractivity contribution is 0.102. The third-order valence-electron chi connectivity index (χ3n) is 4.68. The number of nitrogens with one attached hydrogen (secondary N) is 1. The van der Waals surface area contributed by atoms with Crippen molar-refractivity contribution in [3.8, 4) is 11.5 Å². The van der Waals surface area contributed by atoms with Crippen molar-refractivity contribution in [2.45, 2.75) is 24.2 Å². The first-order valence-electron chi connectivity index (χ1n) is 9.08. The van der Waals surface area contributed by atoms with Gasteiger partial charge in [-0.25, -0.2) is 8.42 Å². The second-order valence-corrected chi connectivity index (χ2v) is 8.48. The molecule has 1 saturated heterocycles. The molecule has 0 saturated carbocycles. The van der Waals surface area contributed by atoms with Gasteiger partial charge in [0.15, 0.2) is 0 Å². The fourth-order valence-electron chi connectivity index (χ4n) is 3.11. The smallest absolute Gasteiger partial charge is 0.255 e. The molecule has 1 aliphatic rings. The second-order valence-electron chi connectivity index (χ2n) is 6.54. The fourth-order valence-corrected chi connectivity index (χ4v) is 4.62. The van der Waals surface area contributed by atoms with E-state index >= 15 is 0 Å². The topological polar surface area (TPSA) is 84.9 Å². The first kappa shape index (κ1) is 20.2. The quantitative estimate of drug-likeness (QED) is 0.800. The van der Waals surface area contributed by atoms with E-state index in [1.165, 1.54) is 30.7 Å². The maximum absolute atomic E-state index is 12.7. The lowest BCUT2D eigenvalue weighted by Crippen LogP contribution is -2.35. The first-order chi connectivity index (χ1) is 13.4. The van der Waals surface area contributed by atoms with Gasteiger partial charge in [0.05, 0.1) is 19.1 Å². The van der Waals surface area contributed by atoms with E-state index in [-0.39, 0.29) is 10.8 Å². The summed E-state index contributed by atoms with van der Waals surface area (Å²) in [5, 5.41) is 2.76. The Bertz CT molecular complexity index is 913. The zero-order valence-electron chi connectivity index (χ0n) is 16.0. The van der Waals surface area contributed by atoms with Gasteiger partial charge in [-0.05, 0) is 49.2 Å². The van der Waals surface area contributed by atoms with Crippen molar-refractivity contribution in [2.24, 2.45) is 0 Å². The first-order valence-corrected chi connectivity index (χ1v) is 10.5. The summed E-state index contributed by atoms with van der Waals surface area (Å²) in [6.45, 7) is 1.11. The number of amides is 1. The van der Waals surface area contributed by atoms with Crippen molar-refractivity contribution in [1.29, 1.82) is 0 Å². The minimum absolute atomic E-state index is 0.232. The van der Waals surface area contributed by atoms with Gasteiger partial charge in [0, 0.05) is 30.4 Å². The molecule has 0 aliphatic carbocycles. The van der Waals surface area contributed by atoms with Gasteiger partial charge in [0.1, 0.15) is 11.5 Å². The van der Waals surface area contributed by atoms with E-state index in [0.29, 0.717) is 35.8 Å². The predicted octanol–water partition coefficient (Wildman–Crippen LogP) is 3.13. The maximum atomic E-state index is 12.7. The third-order valence-corrected chi connectivity index (χ3v) is 6.59. The second kappa shape index (κ2) is 8.62. The molecule has 7 nitrogen and oxygen atoms in total. The molecule has 150 valence electrons. The molecule has 0 spiro atoms. The van der Waals surface area contributed by atoms with Crippen LogP contribution in [0.15, 0.2) is 47.4 Å². The Morgan fingerprint density at radius 1 is 0.929 bits per heavy atom. The summed E-state index contributed by atoms with van der Waals surface area (Å²) in [6.07, 6.45) is 2.83. The van der Waals surface area contributed by atoms with E-state index in [0.717, 1.165) is 19.3 Å². The number of hydrogen-bond donors (Lipinski definition) is 1. The highest BCUT2D eigenvalue weighted by molar-refractivity contribution is 7.89. The number of carbonyl (C=O) groups is 1. The molecule has 1 fully saturated rings. The van der Waals surface area contributed by atoms with Crippen molar-refractivity contribution in [3.05, 3.63) is 48.0 Å². The van der Waals surface area contributed by atoms with Crippen LogP contribution in [0, 0.1) is 0 Å². The molecule has 2 aromatic rings. The lowest BCUT2D eigenvalue weighted by Gasteiger charge is -2.25. The summed E-state index contributed by atoms with van der Waals surface area (Å²) < 4.78 is 37.3. The zero-order chi connectivity index (χ0) is 20.1. The van der Waals surface area contributed by atoms with Crippen LogP contribution in [0.4, 0.5) is 5.69 Å². The van der Waals surface area contributed by atoms with E-state index < -0.39 is 10.0 Å². The molecule has 28 heavy (non-hydrogen) atoms. The third kappa shape index (κ3) is 4.45. The van der Waals surface area contributed by atoms with Gasteiger partial charge in [-0.3, -0.25) is 4.79 Å². The Morgan fingerprint density at radius 3 is 2.04 bits per heavy atom. The summed E-state index contributed by atoms with van der Waals surface area (Å²) in [6, 6.07) is 11.1. The van der Waals surface area contributed by atoms with Gasteiger partial charge in [-0.15, -0.1) is 0 Å². The number of rotatable bonds is 6. The van der Waals surface area contributed by atoms with Crippen LogP contribution < -0.4 is 14.8 Å². The molecule has 3 rings (SSSR count). The number of ether oxygens (including phenoxy) is 2. The Morgan fingerprint density at radius 2 is 1.50 bits per heavy atom. The Labute approximate surface area is 165 Å². The van der Waals surface area contributed by atoms with E-state index in [2.05, 4.69) is 5.32 Å². The molecule has 0 atom stereocenters. The number of nitrogens with zero attached hydrogens (tertiary/aromatic N) is 1. The lowest BCUT2D eigenvalue weighted by atomic mass is 10.2. The molecule has 1 heterocycles. The van der Waals surface area contributed by atoms with Gasteiger partial charge in [-0.1, -0.05) is 6.42 Å². The van der Waals surface area contributed by atoms with Crippen LogP contribution in [-0.2, 0) is 10.0 Å². The predicted molar refractivity (Wildman–Crippen MR) is 107 cm³/mol. The van der Waals surface area contributed by atoms with Gasteiger partial charge in [0.2, 0.25) is 10.0 Å². The van der Waals surface area contributed by atoms with Crippen LogP contribution in [0.25, 0.3) is 0 Å². The van der Waals surface area contributed by atoms with Gasteiger partial charge in [-0.2, -0.15) is 4.31 Å². The molecule has 1 N–H and O–H groups in total. The van der Waals surface area contributed by atoms with E-state index in [9.17, 15) is 13.2 Å². The Balaban J connectivity index is 1.74. The summed E-state index contributed by atoms with van der Waals surface area (Å²) in [5.41, 5.74) is 0.880. The summed E-state index contributed by atoms with van der Waals surface area (Å²) in [7, 11) is -0.466. The van der Waals surface area contributed by atoms with Crippen LogP contribution in [0.2, 0.25) is 0 Å². The molecular formula is C20H24N2O5S. The van der Waals surface area contributed by atoms with Crippen molar-refractivity contribution < 1.29 is 22.7 Å². The minimum Gasteiger partial charge on any atom is -0.497 e. The minimum atomic E-state index is -3.49. The number of benzene rings is 2. The zero-order valence-corrected chi connectivity index (χ0v) is 16.8. The molecule has 0 radical (unpaired) electrons. The number of sulfonamides is 1. The number of piperidine rings is 1. The van der Waals surface area contributed by atoms with E-state index in [4.69, 9.17) is 9.47 Å². The molecule has 1 amide bonds. The summed E-state index contributed by atoms with van der Waals surface area (Å²) >= 11 is 0. The van der Waals surface area contributed by atoms with Crippen molar-refractivity contribution in [3.63, 3.8) is 0 Å². The molecule has 0 bridgehead atoms. The van der Waals surface area contributed by atoms with Crippen LogP contribution in [-0.4, -0.2) is 45.9 Å². The molecule has 0 unspecified atom stereocenters. The fraction of sp³-hybridized carbons (Fsp3) is 0.350. The van der Waals surface area contributed by atoms with Crippen molar-refractivity contribution in [1.82, 2.24) is 4.31 Å². The Hall–Kier alpha value is -2.58. The van der Waals surface area contributed by atoms with Gasteiger partial charge >= 0.3 is 0 Å². The number of methoxy groups -OCH3 is 2. The normalized spacial score (nSPS) is 15.1. The highest BCUT2D eigenvalue weighted by Crippen LogP contribution is 2.25. The highest BCUT2D eigenvalue weighted by Gasteiger charge is 2.25. The van der Waals surface area contributed by atoms with E-state index in [1.807, 2.05) is 0 Å². The van der Waals surface area contributed by atoms with Gasteiger partial charge in [0.25, 0.3) is 5.91 Å². The molecule has 0 aromatic heterocycles. The van der Waals surface area contributed by atoms with Crippen LogP contribution in [0.3, 0.4) is 0 Å². The number of hydrogen-bond acceptors (Lipinski definition) is 5. The molecule has 8 heteroatoms. The van der Waals surface area contributed by atoms with Crippen LogP contribution in [0.5, 0.6) is 11.5 Å². The Kier molecular flexibility index (Phi) is 6.21. The monoisotopic (exact) mass is 404 g/mol. The average molecular weight is 404 g/mol. The van der Waals surface area contributed by atoms with Crippen LogP contribution >= 0.6 is 0 Å². The summed E-state index contributed by atoms with van der Waals surface area (Å²) in [4.78, 5) is 12.8. The highest BCUT2D eigenvalue weighted by atomic mass is 32.2. The average Bonchev–Trinajstić information content (AvgIpc) is 2.74. The van der Waals surface area contributed by atoms with Crippen molar-refractivity contribution in [2.75, 3.05) is 32.6 Å². The van der Waals surface area contributed by atoms with Gasteiger partial charge < -0.3 is 14.8 Å². The SMILES string of the molecule is COc1cc(OC)cc(C(=O)Nc2ccc(S(=O)(=O)N3CCCCC3)cc2)c1. The molecular weight excluding hydrogens is 380 g/mol. The number of carbonyl (C=O) groups excluding carboxylic acids is 1. The maximum Gasteiger partial charge on any atom is 0.255 e. The summed E-state index contributed by atoms with van der Waals surface area (Å²) in [5.74, 6) is 0.670. The molecule has 1 aliphatic heterocycles. The van der Waals surface area contributed by atoms with Crippen LogP contribution in [0.1, 0.15) is 29.6 Å². The standard InChI is InChI=1S/C20H24N2O5S/c1-26-17-12-15(13-18(14-17)27-2)20(23)21-16-6-8-19(9-7-16)28(24,25)22-10-4-3-5-11-22/h6-9,12-14H,3-5,10-11H2,1-2H3,(H,21,23). The van der Waals surface area contributed by atoms with Crippen molar-refractivity contribution >= 4 is 21.6 Å². The molecule has 2 aromatic carbocycles.